The van der Waals surface area contributed by atoms with E-state index < -0.39 is 6.10 Å². The molecule has 2 aromatic carbocycles. The van der Waals surface area contributed by atoms with Crippen molar-refractivity contribution >= 4 is 17.3 Å². The second kappa shape index (κ2) is 6.26. The van der Waals surface area contributed by atoms with E-state index in [2.05, 4.69) is 5.32 Å². The van der Waals surface area contributed by atoms with E-state index in [0.717, 1.165) is 0 Å². The minimum absolute atomic E-state index is 0.303. The maximum atomic E-state index is 13.2. The summed E-state index contributed by atoms with van der Waals surface area (Å²) in [6.07, 6.45) is -0.712. The standard InChI is InChI=1S/C16H17FN2O2/c1-10-8-14(6-7-15(10)17)21-11(2)16(20)19-13-5-3-4-12(18)9-13/h3-9,11H,18H2,1-2H3,(H,19,20). The molecule has 2 rings (SSSR count). The van der Waals surface area contributed by atoms with Gasteiger partial charge in [-0.1, -0.05) is 6.07 Å². The topological polar surface area (TPSA) is 64.3 Å². The second-order valence-corrected chi connectivity index (χ2v) is 4.79. The molecule has 1 unspecified atom stereocenters. The van der Waals surface area contributed by atoms with Crippen molar-refractivity contribution in [3.05, 3.63) is 53.8 Å². The zero-order chi connectivity index (χ0) is 15.4. The smallest absolute Gasteiger partial charge is 0.265 e. The van der Waals surface area contributed by atoms with Gasteiger partial charge >= 0.3 is 0 Å². The number of hydrogen-bond acceptors (Lipinski definition) is 3. The molecule has 5 heteroatoms. The predicted molar refractivity (Wildman–Crippen MR) is 80.7 cm³/mol. The Labute approximate surface area is 122 Å². The molecule has 110 valence electrons. The summed E-state index contributed by atoms with van der Waals surface area (Å²) in [5, 5.41) is 2.71. The zero-order valence-corrected chi connectivity index (χ0v) is 11.9. The first-order chi connectivity index (χ1) is 9.95. The minimum Gasteiger partial charge on any atom is -0.481 e. The van der Waals surface area contributed by atoms with Crippen LogP contribution in [0.25, 0.3) is 0 Å². The number of carbonyl (C=O) groups excluding carboxylic acids is 1. The first kappa shape index (κ1) is 14.8. The number of nitrogen functional groups attached to an aromatic ring is 1. The van der Waals surface area contributed by atoms with E-state index in [4.69, 9.17) is 10.5 Å². The molecule has 0 bridgehead atoms. The molecule has 0 spiro atoms. The molecule has 3 N–H and O–H groups in total. The van der Waals surface area contributed by atoms with E-state index >= 15 is 0 Å². The lowest BCUT2D eigenvalue weighted by molar-refractivity contribution is -0.122. The Morgan fingerprint density at radius 2 is 2.05 bits per heavy atom. The predicted octanol–water partition coefficient (Wildman–Crippen LogP) is 3.12. The van der Waals surface area contributed by atoms with Gasteiger partial charge in [-0.05, 0) is 55.8 Å². The third-order valence-corrected chi connectivity index (χ3v) is 2.97. The lowest BCUT2D eigenvalue weighted by atomic mass is 10.2. The Morgan fingerprint density at radius 1 is 1.29 bits per heavy atom. The van der Waals surface area contributed by atoms with Crippen LogP contribution in [0.15, 0.2) is 42.5 Å². The summed E-state index contributed by atoms with van der Waals surface area (Å²) in [4.78, 5) is 12.0. The first-order valence-electron chi connectivity index (χ1n) is 6.55. The van der Waals surface area contributed by atoms with E-state index in [1.807, 2.05) is 0 Å². The van der Waals surface area contributed by atoms with Gasteiger partial charge in [-0.3, -0.25) is 4.79 Å². The highest BCUT2D eigenvalue weighted by Crippen LogP contribution is 2.18. The van der Waals surface area contributed by atoms with Crippen LogP contribution in [-0.2, 0) is 4.79 Å². The van der Waals surface area contributed by atoms with Gasteiger partial charge in [-0.25, -0.2) is 4.39 Å². The zero-order valence-electron chi connectivity index (χ0n) is 11.9. The maximum Gasteiger partial charge on any atom is 0.265 e. The Bertz CT molecular complexity index is 658. The molecular formula is C16H17FN2O2. The maximum absolute atomic E-state index is 13.2. The molecule has 0 saturated heterocycles. The molecule has 0 fully saturated rings. The average Bonchev–Trinajstić information content (AvgIpc) is 2.43. The van der Waals surface area contributed by atoms with Crippen molar-refractivity contribution in [2.24, 2.45) is 0 Å². The summed E-state index contributed by atoms with van der Waals surface area (Å²) < 4.78 is 18.7. The van der Waals surface area contributed by atoms with Gasteiger partial charge in [0.2, 0.25) is 0 Å². The number of ether oxygens (including phenoxy) is 1. The molecule has 0 aromatic heterocycles. The largest absolute Gasteiger partial charge is 0.481 e. The number of anilines is 2. The van der Waals surface area contributed by atoms with Crippen molar-refractivity contribution in [2.75, 3.05) is 11.1 Å². The summed E-state index contributed by atoms with van der Waals surface area (Å²) in [5.74, 6) is -0.161. The molecule has 0 aliphatic rings. The van der Waals surface area contributed by atoms with Gasteiger partial charge in [0.15, 0.2) is 6.10 Å². The van der Waals surface area contributed by atoms with Crippen LogP contribution in [-0.4, -0.2) is 12.0 Å². The van der Waals surface area contributed by atoms with Crippen LogP contribution in [0.4, 0.5) is 15.8 Å². The van der Waals surface area contributed by atoms with Crippen LogP contribution in [0.1, 0.15) is 12.5 Å². The molecule has 0 saturated carbocycles. The summed E-state index contributed by atoms with van der Waals surface area (Å²) in [5.41, 5.74) is 7.28. The summed E-state index contributed by atoms with van der Waals surface area (Å²) in [6.45, 7) is 3.26. The highest BCUT2D eigenvalue weighted by Gasteiger charge is 2.15. The van der Waals surface area contributed by atoms with Gasteiger partial charge in [0, 0.05) is 11.4 Å². The number of nitrogens with one attached hydrogen (secondary N) is 1. The van der Waals surface area contributed by atoms with E-state index in [9.17, 15) is 9.18 Å². The van der Waals surface area contributed by atoms with Crippen molar-refractivity contribution in [1.82, 2.24) is 0 Å². The molecule has 0 heterocycles. The van der Waals surface area contributed by atoms with Crippen LogP contribution in [0, 0.1) is 12.7 Å². The lowest BCUT2D eigenvalue weighted by Gasteiger charge is -2.15. The minimum atomic E-state index is -0.712. The number of halogens is 1. The van der Waals surface area contributed by atoms with Crippen molar-refractivity contribution in [2.45, 2.75) is 20.0 Å². The molecule has 0 aliphatic heterocycles. The normalized spacial score (nSPS) is 11.8. The van der Waals surface area contributed by atoms with E-state index in [1.54, 1.807) is 44.2 Å². The Kier molecular flexibility index (Phi) is 4.42. The molecular weight excluding hydrogens is 271 g/mol. The summed E-state index contributed by atoms with van der Waals surface area (Å²) in [7, 11) is 0. The first-order valence-corrected chi connectivity index (χ1v) is 6.55. The summed E-state index contributed by atoms with van der Waals surface area (Å²) in [6, 6.07) is 11.2. The number of amides is 1. The third-order valence-electron chi connectivity index (χ3n) is 2.97. The molecule has 21 heavy (non-hydrogen) atoms. The van der Waals surface area contributed by atoms with Gasteiger partial charge < -0.3 is 15.8 Å². The number of rotatable bonds is 4. The van der Waals surface area contributed by atoms with E-state index in [0.29, 0.717) is 22.7 Å². The molecule has 0 radical (unpaired) electrons. The van der Waals surface area contributed by atoms with Gasteiger partial charge in [-0.2, -0.15) is 0 Å². The van der Waals surface area contributed by atoms with Crippen molar-refractivity contribution in [1.29, 1.82) is 0 Å². The number of aryl methyl sites for hydroxylation is 1. The van der Waals surface area contributed by atoms with Crippen molar-refractivity contribution in [3.8, 4) is 5.75 Å². The monoisotopic (exact) mass is 288 g/mol. The van der Waals surface area contributed by atoms with Gasteiger partial charge in [0.25, 0.3) is 5.91 Å². The fourth-order valence-corrected chi connectivity index (χ4v) is 1.81. The second-order valence-electron chi connectivity index (χ2n) is 4.79. The van der Waals surface area contributed by atoms with Crippen LogP contribution in [0.3, 0.4) is 0 Å². The summed E-state index contributed by atoms with van der Waals surface area (Å²) >= 11 is 0. The van der Waals surface area contributed by atoms with Crippen molar-refractivity contribution in [3.63, 3.8) is 0 Å². The quantitative estimate of drug-likeness (QED) is 0.850. The Hall–Kier alpha value is -2.56. The Morgan fingerprint density at radius 3 is 2.71 bits per heavy atom. The molecule has 4 nitrogen and oxygen atoms in total. The molecule has 0 aliphatic carbocycles. The number of nitrogens with two attached hydrogens (primary N) is 1. The van der Waals surface area contributed by atoms with E-state index in [-0.39, 0.29) is 11.7 Å². The SMILES string of the molecule is Cc1cc(OC(C)C(=O)Nc2cccc(N)c2)ccc1F. The van der Waals surface area contributed by atoms with Gasteiger partial charge in [-0.15, -0.1) is 0 Å². The fraction of sp³-hybridized carbons (Fsp3) is 0.188. The third kappa shape index (κ3) is 3.95. The van der Waals surface area contributed by atoms with Crippen LogP contribution >= 0.6 is 0 Å². The van der Waals surface area contributed by atoms with Crippen LogP contribution < -0.4 is 15.8 Å². The highest BCUT2D eigenvalue weighted by molar-refractivity contribution is 5.94. The van der Waals surface area contributed by atoms with Gasteiger partial charge in [0.1, 0.15) is 11.6 Å². The average molecular weight is 288 g/mol. The Balaban J connectivity index is 2.00. The van der Waals surface area contributed by atoms with Crippen LogP contribution in [0.2, 0.25) is 0 Å². The number of carbonyl (C=O) groups is 1. The lowest BCUT2D eigenvalue weighted by Crippen LogP contribution is -2.30. The van der Waals surface area contributed by atoms with Crippen molar-refractivity contribution < 1.29 is 13.9 Å². The van der Waals surface area contributed by atoms with Crippen LogP contribution in [0.5, 0.6) is 5.75 Å². The molecule has 1 atom stereocenters. The molecule has 1 amide bonds. The fourth-order valence-electron chi connectivity index (χ4n) is 1.81. The van der Waals surface area contributed by atoms with Gasteiger partial charge in [0.05, 0.1) is 0 Å². The molecule has 2 aromatic rings. The highest BCUT2D eigenvalue weighted by atomic mass is 19.1. The number of benzene rings is 2. The van der Waals surface area contributed by atoms with E-state index in [1.165, 1.54) is 12.1 Å². The number of hydrogen-bond donors (Lipinski definition) is 2.